The van der Waals surface area contributed by atoms with E-state index in [0.29, 0.717) is 25.9 Å². The van der Waals surface area contributed by atoms with E-state index in [1.807, 2.05) is 48.5 Å². The predicted molar refractivity (Wildman–Crippen MR) is 110 cm³/mol. The first-order chi connectivity index (χ1) is 14.2. The molecule has 0 spiro atoms. The topological polar surface area (TPSA) is 71.0 Å². The monoisotopic (exact) mass is 389 g/mol. The van der Waals surface area contributed by atoms with Crippen molar-refractivity contribution >= 4 is 17.5 Å². The van der Waals surface area contributed by atoms with E-state index in [1.165, 1.54) is 11.6 Å². The summed E-state index contributed by atoms with van der Waals surface area (Å²) >= 11 is 0. The normalized spacial score (nSPS) is 20.3. The van der Waals surface area contributed by atoms with Crippen molar-refractivity contribution in [2.45, 2.75) is 31.5 Å². The maximum absolute atomic E-state index is 12.6. The van der Waals surface area contributed by atoms with Crippen molar-refractivity contribution in [2.75, 3.05) is 6.54 Å². The van der Waals surface area contributed by atoms with Crippen LogP contribution in [0.3, 0.4) is 0 Å². The molecule has 0 aromatic heterocycles. The molecule has 0 radical (unpaired) electrons. The number of carbonyl (C=O) groups is 2. The van der Waals surface area contributed by atoms with Crippen LogP contribution in [-0.2, 0) is 27.4 Å². The van der Waals surface area contributed by atoms with Gasteiger partial charge in [0.1, 0.15) is 0 Å². The van der Waals surface area contributed by atoms with E-state index in [-0.39, 0.29) is 17.9 Å². The summed E-state index contributed by atoms with van der Waals surface area (Å²) in [6, 6.07) is 17.6. The smallest absolute Gasteiger partial charge is 0.264 e. The van der Waals surface area contributed by atoms with Gasteiger partial charge in [-0.2, -0.15) is 0 Å². The Labute approximate surface area is 169 Å². The van der Waals surface area contributed by atoms with Crippen molar-refractivity contribution in [3.8, 4) is 0 Å². The standard InChI is InChI=1S/C23H23N3O3/c1-2-22(27)26-15-18-11-7-6-10-17(18)12-19(26)14-24-23(28)21-13-20(25-29-21)16-8-4-3-5-9-16/h2-11,19,21H,1,12-15H2,(H,24,28). The van der Waals surface area contributed by atoms with Gasteiger partial charge in [0.15, 0.2) is 0 Å². The average molecular weight is 389 g/mol. The molecule has 2 aliphatic heterocycles. The molecule has 2 aliphatic rings. The quantitative estimate of drug-likeness (QED) is 0.799. The van der Waals surface area contributed by atoms with Gasteiger partial charge in [-0.05, 0) is 29.2 Å². The van der Waals surface area contributed by atoms with E-state index < -0.39 is 6.10 Å². The lowest BCUT2D eigenvalue weighted by Crippen LogP contribution is -2.50. The lowest BCUT2D eigenvalue weighted by Gasteiger charge is -2.36. The highest BCUT2D eigenvalue weighted by atomic mass is 16.6. The Kier molecular flexibility index (Phi) is 5.42. The highest BCUT2D eigenvalue weighted by Crippen LogP contribution is 2.23. The summed E-state index contributed by atoms with van der Waals surface area (Å²) < 4.78 is 0. The highest BCUT2D eigenvalue weighted by Gasteiger charge is 2.32. The van der Waals surface area contributed by atoms with E-state index in [9.17, 15) is 9.59 Å². The van der Waals surface area contributed by atoms with Gasteiger partial charge in [-0.15, -0.1) is 0 Å². The lowest BCUT2D eigenvalue weighted by molar-refractivity contribution is -0.133. The average Bonchev–Trinajstić information content (AvgIpc) is 3.27. The minimum atomic E-state index is -0.648. The Balaban J connectivity index is 1.38. The molecule has 2 aromatic rings. The molecule has 0 aliphatic carbocycles. The molecule has 0 saturated carbocycles. The molecule has 2 unspecified atom stereocenters. The van der Waals surface area contributed by atoms with Gasteiger partial charge in [0.25, 0.3) is 5.91 Å². The first-order valence-corrected chi connectivity index (χ1v) is 9.71. The van der Waals surface area contributed by atoms with E-state index in [2.05, 4.69) is 23.1 Å². The van der Waals surface area contributed by atoms with E-state index >= 15 is 0 Å². The second-order valence-electron chi connectivity index (χ2n) is 7.24. The fraction of sp³-hybridized carbons (Fsp3) is 0.261. The zero-order valence-corrected chi connectivity index (χ0v) is 16.1. The summed E-state index contributed by atoms with van der Waals surface area (Å²) in [5.74, 6) is -0.352. The summed E-state index contributed by atoms with van der Waals surface area (Å²) in [4.78, 5) is 32.1. The molecule has 0 fully saturated rings. The Hall–Kier alpha value is -3.41. The van der Waals surface area contributed by atoms with Crippen molar-refractivity contribution < 1.29 is 14.4 Å². The Morgan fingerprint density at radius 3 is 2.59 bits per heavy atom. The fourth-order valence-corrected chi connectivity index (χ4v) is 3.80. The van der Waals surface area contributed by atoms with Gasteiger partial charge in [-0.25, -0.2) is 0 Å². The zero-order valence-electron chi connectivity index (χ0n) is 16.1. The van der Waals surface area contributed by atoms with Crippen LogP contribution in [0.25, 0.3) is 0 Å². The number of amides is 2. The second kappa shape index (κ2) is 8.31. The molecule has 1 N–H and O–H groups in total. The van der Waals surface area contributed by atoms with E-state index in [0.717, 1.165) is 16.8 Å². The van der Waals surface area contributed by atoms with Crippen LogP contribution in [0.4, 0.5) is 0 Å². The Morgan fingerprint density at radius 1 is 1.10 bits per heavy atom. The van der Waals surface area contributed by atoms with Crippen LogP contribution in [0, 0.1) is 0 Å². The Bertz CT molecular complexity index is 955. The molecule has 6 heteroatoms. The largest absolute Gasteiger partial charge is 0.382 e. The summed E-state index contributed by atoms with van der Waals surface area (Å²) in [6.45, 7) is 4.48. The van der Waals surface area contributed by atoms with Crippen molar-refractivity contribution in [1.82, 2.24) is 10.2 Å². The third-order valence-electron chi connectivity index (χ3n) is 5.39. The molecule has 2 heterocycles. The zero-order chi connectivity index (χ0) is 20.2. The maximum Gasteiger partial charge on any atom is 0.264 e. The van der Waals surface area contributed by atoms with Crippen LogP contribution in [0.2, 0.25) is 0 Å². The third-order valence-corrected chi connectivity index (χ3v) is 5.39. The molecular formula is C23H23N3O3. The maximum atomic E-state index is 12.6. The minimum absolute atomic E-state index is 0.129. The Morgan fingerprint density at radius 2 is 1.83 bits per heavy atom. The summed E-state index contributed by atoms with van der Waals surface area (Å²) in [5.41, 5.74) is 4.05. The van der Waals surface area contributed by atoms with Crippen LogP contribution < -0.4 is 5.32 Å². The highest BCUT2D eigenvalue weighted by molar-refractivity contribution is 6.04. The van der Waals surface area contributed by atoms with Crippen LogP contribution in [0.1, 0.15) is 23.1 Å². The molecule has 6 nitrogen and oxygen atoms in total. The molecule has 0 saturated heterocycles. The van der Waals surface area contributed by atoms with Gasteiger partial charge < -0.3 is 15.1 Å². The van der Waals surface area contributed by atoms with Gasteiger partial charge >= 0.3 is 0 Å². The molecule has 2 aromatic carbocycles. The first-order valence-electron chi connectivity index (χ1n) is 9.71. The predicted octanol–water partition coefficient (Wildman–Crippen LogP) is 2.44. The van der Waals surface area contributed by atoms with Crippen LogP contribution in [0.15, 0.2) is 72.4 Å². The number of hydrogen-bond acceptors (Lipinski definition) is 4. The van der Waals surface area contributed by atoms with Gasteiger partial charge in [0.2, 0.25) is 12.0 Å². The molecule has 0 bridgehead atoms. The number of benzene rings is 2. The SMILES string of the molecule is C=CC(=O)N1Cc2ccccc2CC1CNC(=O)C1CC(c2ccccc2)=NO1. The number of fused-ring (bicyclic) bond motifs is 1. The van der Waals surface area contributed by atoms with Crippen LogP contribution in [-0.4, -0.2) is 41.1 Å². The molecule has 2 atom stereocenters. The van der Waals surface area contributed by atoms with Crippen molar-refractivity contribution in [3.05, 3.63) is 83.9 Å². The lowest BCUT2D eigenvalue weighted by atomic mass is 9.93. The first kappa shape index (κ1) is 18.9. The van der Waals surface area contributed by atoms with Crippen molar-refractivity contribution in [2.24, 2.45) is 5.16 Å². The van der Waals surface area contributed by atoms with E-state index in [1.54, 1.807) is 4.90 Å². The molecule has 4 rings (SSSR count). The number of rotatable bonds is 5. The number of carbonyl (C=O) groups excluding carboxylic acids is 2. The number of nitrogens with zero attached hydrogens (tertiary/aromatic N) is 2. The third kappa shape index (κ3) is 4.06. The summed E-state index contributed by atoms with van der Waals surface area (Å²) in [6.07, 6.45) is 1.79. The van der Waals surface area contributed by atoms with E-state index in [4.69, 9.17) is 4.84 Å². The number of hydrogen-bond donors (Lipinski definition) is 1. The molecule has 29 heavy (non-hydrogen) atoms. The number of nitrogens with one attached hydrogen (secondary N) is 1. The fourth-order valence-electron chi connectivity index (χ4n) is 3.80. The number of oxime groups is 1. The van der Waals surface area contributed by atoms with Crippen molar-refractivity contribution in [1.29, 1.82) is 0 Å². The molecule has 2 amide bonds. The molecular weight excluding hydrogens is 366 g/mol. The van der Waals surface area contributed by atoms with Gasteiger partial charge in [-0.3, -0.25) is 9.59 Å². The summed E-state index contributed by atoms with van der Waals surface area (Å²) in [7, 11) is 0. The minimum Gasteiger partial charge on any atom is -0.382 e. The van der Waals surface area contributed by atoms with Gasteiger partial charge in [-0.1, -0.05) is 66.3 Å². The van der Waals surface area contributed by atoms with Crippen LogP contribution in [0.5, 0.6) is 0 Å². The van der Waals surface area contributed by atoms with Gasteiger partial charge in [0, 0.05) is 19.5 Å². The summed E-state index contributed by atoms with van der Waals surface area (Å²) in [5, 5.41) is 7.01. The second-order valence-corrected chi connectivity index (χ2v) is 7.24. The van der Waals surface area contributed by atoms with Crippen LogP contribution >= 0.6 is 0 Å². The molecule has 148 valence electrons. The van der Waals surface area contributed by atoms with Crippen molar-refractivity contribution in [3.63, 3.8) is 0 Å². The van der Waals surface area contributed by atoms with Gasteiger partial charge in [0.05, 0.1) is 11.8 Å².